The molecular weight excluding hydrogens is 218 g/mol. The largest absolute Gasteiger partial charge is 0.373 e. The zero-order chi connectivity index (χ0) is 12.3. The van der Waals surface area contributed by atoms with E-state index < -0.39 is 0 Å². The van der Waals surface area contributed by atoms with Gasteiger partial charge in [0.15, 0.2) is 0 Å². The van der Waals surface area contributed by atoms with Gasteiger partial charge in [-0.3, -0.25) is 9.48 Å². The van der Waals surface area contributed by atoms with E-state index in [1.807, 2.05) is 0 Å². The van der Waals surface area contributed by atoms with Crippen LogP contribution in [0.2, 0.25) is 0 Å². The van der Waals surface area contributed by atoms with Crippen LogP contribution in [0.25, 0.3) is 0 Å². The van der Waals surface area contributed by atoms with Crippen molar-refractivity contribution < 1.29 is 4.79 Å². The van der Waals surface area contributed by atoms with Gasteiger partial charge in [0, 0.05) is 32.1 Å². The number of pyridine rings is 1. The molecule has 0 saturated carbocycles. The molecule has 0 aromatic carbocycles. The van der Waals surface area contributed by atoms with Crippen molar-refractivity contribution in [2.75, 3.05) is 17.7 Å². The van der Waals surface area contributed by atoms with E-state index in [1.165, 1.54) is 0 Å². The normalized spacial score (nSPS) is 10.0. The van der Waals surface area contributed by atoms with E-state index in [2.05, 4.69) is 20.7 Å². The molecule has 2 heterocycles. The van der Waals surface area contributed by atoms with Crippen LogP contribution >= 0.6 is 0 Å². The molecular formula is C11H13N5O. The molecule has 17 heavy (non-hydrogen) atoms. The summed E-state index contributed by atoms with van der Waals surface area (Å²) in [6.45, 7) is 0. The zero-order valence-corrected chi connectivity index (χ0v) is 9.64. The van der Waals surface area contributed by atoms with Crippen LogP contribution < -0.4 is 10.6 Å². The Hall–Kier alpha value is -2.37. The van der Waals surface area contributed by atoms with Gasteiger partial charge in [-0.2, -0.15) is 5.10 Å². The molecule has 2 aromatic heterocycles. The van der Waals surface area contributed by atoms with Gasteiger partial charge < -0.3 is 10.6 Å². The zero-order valence-electron chi connectivity index (χ0n) is 9.64. The first-order valence-corrected chi connectivity index (χ1v) is 5.13. The number of anilines is 2. The second-order valence-corrected chi connectivity index (χ2v) is 3.54. The van der Waals surface area contributed by atoms with E-state index in [1.54, 1.807) is 49.5 Å². The minimum atomic E-state index is -0.183. The lowest BCUT2D eigenvalue weighted by molar-refractivity contribution is 0.102. The van der Waals surface area contributed by atoms with E-state index in [9.17, 15) is 4.79 Å². The van der Waals surface area contributed by atoms with Crippen molar-refractivity contribution in [3.05, 3.63) is 36.3 Å². The number of nitrogens with one attached hydrogen (secondary N) is 2. The fourth-order valence-electron chi connectivity index (χ4n) is 1.40. The highest BCUT2D eigenvalue weighted by Crippen LogP contribution is 2.10. The summed E-state index contributed by atoms with van der Waals surface area (Å²) in [5, 5.41) is 9.61. The van der Waals surface area contributed by atoms with Crippen molar-refractivity contribution in [3.63, 3.8) is 0 Å². The molecule has 2 rings (SSSR count). The predicted molar refractivity (Wildman–Crippen MR) is 64.9 cm³/mol. The van der Waals surface area contributed by atoms with Crippen molar-refractivity contribution in [1.82, 2.24) is 14.8 Å². The number of nitrogens with zero attached hydrogens (tertiary/aromatic N) is 3. The third kappa shape index (κ3) is 2.60. The predicted octanol–water partition coefficient (Wildman–Crippen LogP) is 1.11. The number of amides is 1. The van der Waals surface area contributed by atoms with Crippen LogP contribution in [0.5, 0.6) is 0 Å². The smallest absolute Gasteiger partial charge is 0.255 e. The molecule has 2 N–H and O–H groups in total. The van der Waals surface area contributed by atoms with Crippen LogP contribution in [0.15, 0.2) is 30.7 Å². The summed E-state index contributed by atoms with van der Waals surface area (Å²) in [5.74, 6) is 0.473. The van der Waals surface area contributed by atoms with Gasteiger partial charge >= 0.3 is 0 Å². The molecule has 88 valence electrons. The molecule has 6 heteroatoms. The molecule has 0 unspecified atom stereocenters. The molecule has 1 amide bonds. The van der Waals surface area contributed by atoms with Crippen molar-refractivity contribution in [2.45, 2.75) is 0 Å². The van der Waals surface area contributed by atoms with Crippen LogP contribution in [0.1, 0.15) is 10.4 Å². The van der Waals surface area contributed by atoms with Gasteiger partial charge in [-0.25, -0.2) is 4.98 Å². The first-order valence-electron chi connectivity index (χ1n) is 5.13. The number of aromatic nitrogens is 3. The lowest BCUT2D eigenvalue weighted by Crippen LogP contribution is -2.12. The van der Waals surface area contributed by atoms with Gasteiger partial charge in [0.2, 0.25) is 0 Å². The topological polar surface area (TPSA) is 71.8 Å². The number of carbonyl (C=O) groups is 1. The summed E-state index contributed by atoms with van der Waals surface area (Å²) in [5.41, 5.74) is 1.22. The fourth-order valence-corrected chi connectivity index (χ4v) is 1.40. The van der Waals surface area contributed by atoms with Crippen LogP contribution in [0.3, 0.4) is 0 Å². The summed E-state index contributed by atoms with van der Waals surface area (Å²) in [6.07, 6.45) is 4.92. The van der Waals surface area contributed by atoms with Crippen LogP contribution in [-0.2, 0) is 7.05 Å². The molecule has 2 aromatic rings. The molecule has 0 aliphatic carbocycles. The van der Waals surface area contributed by atoms with Crippen molar-refractivity contribution in [2.24, 2.45) is 7.05 Å². The molecule has 6 nitrogen and oxygen atoms in total. The molecule has 0 saturated heterocycles. The minimum absolute atomic E-state index is 0.183. The van der Waals surface area contributed by atoms with E-state index in [0.717, 1.165) is 0 Å². The monoisotopic (exact) mass is 231 g/mol. The highest BCUT2D eigenvalue weighted by molar-refractivity contribution is 6.04. The summed E-state index contributed by atoms with van der Waals surface area (Å²) < 4.78 is 1.63. The standard InChI is InChI=1S/C11H13N5O/c1-12-10-5-8(3-4-13-10)11(17)15-9-6-14-16(2)7-9/h3-7H,1-2H3,(H,12,13)(H,15,17). The first-order chi connectivity index (χ1) is 8.19. The molecule has 0 spiro atoms. The average molecular weight is 231 g/mol. The second kappa shape index (κ2) is 4.65. The number of aryl methyl sites for hydroxylation is 1. The van der Waals surface area contributed by atoms with E-state index in [4.69, 9.17) is 0 Å². The Bertz CT molecular complexity index is 534. The fraction of sp³-hybridized carbons (Fsp3) is 0.182. The minimum Gasteiger partial charge on any atom is -0.373 e. The van der Waals surface area contributed by atoms with Gasteiger partial charge in [0.1, 0.15) is 5.82 Å². The molecule has 0 bridgehead atoms. The number of rotatable bonds is 3. The Kier molecular flexibility index (Phi) is 3.04. The summed E-state index contributed by atoms with van der Waals surface area (Å²) in [7, 11) is 3.55. The lowest BCUT2D eigenvalue weighted by Gasteiger charge is -2.04. The second-order valence-electron chi connectivity index (χ2n) is 3.54. The lowest BCUT2D eigenvalue weighted by atomic mass is 10.2. The Morgan fingerprint density at radius 2 is 2.29 bits per heavy atom. The molecule has 0 atom stereocenters. The average Bonchev–Trinajstić information content (AvgIpc) is 2.75. The van der Waals surface area contributed by atoms with Gasteiger partial charge in [0.05, 0.1) is 11.9 Å². The summed E-state index contributed by atoms with van der Waals surface area (Å²) >= 11 is 0. The number of hydrogen-bond donors (Lipinski definition) is 2. The van der Waals surface area contributed by atoms with Crippen molar-refractivity contribution >= 4 is 17.4 Å². The van der Waals surface area contributed by atoms with Crippen LogP contribution in [-0.4, -0.2) is 27.7 Å². The third-order valence-electron chi connectivity index (χ3n) is 2.24. The van der Waals surface area contributed by atoms with E-state index >= 15 is 0 Å². The molecule has 0 aliphatic heterocycles. The maximum Gasteiger partial charge on any atom is 0.255 e. The molecule has 0 fully saturated rings. The van der Waals surface area contributed by atoms with E-state index in [0.29, 0.717) is 17.1 Å². The van der Waals surface area contributed by atoms with Crippen LogP contribution in [0, 0.1) is 0 Å². The highest BCUT2D eigenvalue weighted by Gasteiger charge is 2.07. The van der Waals surface area contributed by atoms with Gasteiger partial charge in [-0.15, -0.1) is 0 Å². The highest BCUT2D eigenvalue weighted by atomic mass is 16.1. The van der Waals surface area contributed by atoms with Crippen LogP contribution in [0.4, 0.5) is 11.5 Å². The van der Waals surface area contributed by atoms with E-state index in [-0.39, 0.29) is 5.91 Å². The summed E-state index contributed by atoms with van der Waals surface area (Å²) in [6, 6.07) is 3.35. The number of hydrogen-bond acceptors (Lipinski definition) is 4. The summed E-state index contributed by atoms with van der Waals surface area (Å²) in [4.78, 5) is 15.9. The number of carbonyl (C=O) groups excluding carboxylic acids is 1. The van der Waals surface area contributed by atoms with Gasteiger partial charge in [0.25, 0.3) is 5.91 Å². The van der Waals surface area contributed by atoms with Crippen molar-refractivity contribution in [1.29, 1.82) is 0 Å². The van der Waals surface area contributed by atoms with Gasteiger partial charge in [-0.05, 0) is 12.1 Å². The SMILES string of the molecule is CNc1cc(C(=O)Nc2cnn(C)c2)ccn1. The third-order valence-corrected chi connectivity index (χ3v) is 2.24. The first kappa shape index (κ1) is 11.1. The maximum atomic E-state index is 11.9. The maximum absolute atomic E-state index is 11.9. The Morgan fingerprint density at radius 3 is 2.94 bits per heavy atom. The molecule has 0 radical (unpaired) electrons. The quantitative estimate of drug-likeness (QED) is 0.830. The van der Waals surface area contributed by atoms with Gasteiger partial charge in [-0.1, -0.05) is 0 Å². The Labute approximate surface area is 98.7 Å². The Balaban J connectivity index is 2.14. The Morgan fingerprint density at radius 1 is 1.47 bits per heavy atom. The molecule has 0 aliphatic rings. The van der Waals surface area contributed by atoms with Crippen molar-refractivity contribution in [3.8, 4) is 0 Å².